The van der Waals surface area contributed by atoms with Gasteiger partial charge in [-0.25, -0.2) is 0 Å². The van der Waals surface area contributed by atoms with E-state index in [0.29, 0.717) is 13.1 Å². The van der Waals surface area contributed by atoms with Crippen LogP contribution in [0.25, 0.3) is 0 Å². The van der Waals surface area contributed by atoms with E-state index in [1.807, 2.05) is 13.8 Å². The number of carbonyl (C=O) groups excluding carboxylic acids is 1. The van der Waals surface area contributed by atoms with Crippen molar-refractivity contribution < 1.29 is 9.72 Å². The van der Waals surface area contributed by atoms with Crippen LogP contribution in [-0.4, -0.2) is 32.7 Å². The van der Waals surface area contributed by atoms with Crippen molar-refractivity contribution in [3.8, 4) is 0 Å². The third-order valence-electron chi connectivity index (χ3n) is 3.44. The van der Waals surface area contributed by atoms with Gasteiger partial charge in [0.25, 0.3) is 0 Å². The van der Waals surface area contributed by atoms with Crippen LogP contribution in [0, 0.1) is 10.1 Å². The minimum absolute atomic E-state index is 0. The lowest BCUT2D eigenvalue weighted by molar-refractivity contribution is -0.385. The Kier molecular flexibility index (Phi) is 7.90. The second-order valence-electron chi connectivity index (χ2n) is 4.81. The minimum atomic E-state index is -0.519. The van der Waals surface area contributed by atoms with E-state index in [4.69, 9.17) is 5.73 Å². The molecule has 0 atom stereocenters. The number of aromatic nitrogens is 2. The SMILES string of the molecule is CCC(N)(CC)CNC(=O)CCn1cc([N+](=O)[O-])cn1.Cl. The number of amides is 1. The number of aryl methyl sites for hydroxylation is 1. The molecular formula is C12H22ClN5O3. The molecule has 3 N–H and O–H groups in total. The highest BCUT2D eigenvalue weighted by atomic mass is 35.5. The summed E-state index contributed by atoms with van der Waals surface area (Å²) in [5, 5.41) is 17.1. The topological polar surface area (TPSA) is 116 Å². The van der Waals surface area contributed by atoms with E-state index < -0.39 is 4.92 Å². The van der Waals surface area contributed by atoms with E-state index in [9.17, 15) is 14.9 Å². The predicted octanol–water partition coefficient (Wildman–Crippen LogP) is 1.24. The van der Waals surface area contributed by atoms with Gasteiger partial charge in [-0.1, -0.05) is 13.8 Å². The van der Waals surface area contributed by atoms with Crippen LogP contribution in [0.15, 0.2) is 12.4 Å². The lowest BCUT2D eigenvalue weighted by Crippen LogP contribution is -2.49. The van der Waals surface area contributed by atoms with Gasteiger partial charge in [-0.15, -0.1) is 12.4 Å². The van der Waals surface area contributed by atoms with Crippen molar-refractivity contribution in [2.24, 2.45) is 5.73 Å². The minimum Gasteiger partial charge on any atom is -0.354 e. The lowest BCUT2D eigenvalue weighted by atomic mass is 9.94. The van der Waals surface area contributed by atoms with Crippen molar-refractivity contribution in [3.05, 3.63) is 22.5 Å². The molecule has 1 amide bonds. The van der Waals surface area contributed by atoms with Crippen LogP contribution in [0.1, 0.15) is 33.1 Å². The molecule has 0 saturated heterocycles. The Morgan fingerprint density at radius 2 is 2.14 bits per heavy atom. The third-order valence-corrected chi connectivity index (χ3v) is 3.44. The number of rotatable bonds is 8. The van der Waals surface area contributed by atoms with Crippen LogP contribution in [0.4, 0.5) is 5.69 Å². The molecule has 120 valence electrons. The Labute approximate surface area is 129 Å². The summed E-state index contributed by atoms with van der Waals surface area (Å²) in [5.41, 5.74) is 5.63. The Morgan fingerprint density at radius 1 is 1.52 bits per heavy atom. The number of nitrogens with two attached hydrogens (primary N) is 1. The van der Waals surface area contributed by atoms with Gasteiger partial charge >= 0.3 is 5.69 Å². The van der Waals surface area contributed by atoms with Crippen LogP contribution in [-0.2, 0) is 11.3 Å². The first-order chi connectivity index (χ1) is 9.40. The van der Waals surface area contributed by atoms with Crippen LogP contribution >= 0.6 is 12.4 Å². The van der Waals surface area contributed by atoms with Gasteiger partial charge in [0.1, 0.15) is 12.4 Å². The maximum Gasteiger partial charge on any atom is 0.306 e. The summed E-state index contributed by atoms with van der Waals surface area (Å²) in [5.74, 6) is -0.139. The van der Waals surface area contributed by atoms with E-state index in [2.05, 4.69) is 10.4 Å². The first-order valence-corrected chi connectivity index (χ1v) is 6.62. The van der Waals surface area contributed by atoms with E-state index in [1.54, 1.807) is 0 Å². The van der Waals surface area contributed by atoms with E-state index >= 15 is 0 Å². The van der Waals surface area contributed by atoms with Gasteiger partial charge in [0.05, 0.1) is 4.92 Å². The fraction of sp³-hybridized carbons (Fsp3) is 0.667. The molecule has 0 fully saturated rings. The Morgan fingerprint density at radius 3 is 2.62 bits per heavy atom. The number of nitro groups is 1. The zero-order valence-electron chi connectivity index (χ0n) is 12.2. The van der Waals surface area contributed by atoms with Crippen LogP contribution in [0.3, 0.4) is 0 Å². The molecule has 0 spiro atoms. The molecule has 21 heavy (non-hydrogen) atoms. The highest BCUT2D eigenvalue weighted by Gasteiger charge is 2.20. The molecule has 1 heterocycles. The van der Waals surface area contributed by atoms with Crippen molar-refractivity contribution in [2.75, 3.05) is 6.54 Å². The average Bonchev–Trinajstić information content (AvgIpc) is 2.91. The number of hydrogen-bond donors (Lipinski definition) is 2. The van der Waals surface area contributed by atoms with Gasteiger partial charge in [0.15, 0.2) is 0 Å². The average molecular weight is 320 g/mol. The molecule has 0 unspecified atom stereocenters. The smallest absolute Gasteiger partial charge is 0.306 e. The summed E-state index contributed by atoms with van der Waals surface area (Å²) in [6.45, 7) is 4.70. The molecule has 1 rings (SSSR count). The fourth-order valence-electron chi connectivity index (χ4n) is 1.65. The summed E-state index contributed by atoms with van der Waals surface area (Å²) < 4.78 is 1.38. The van der Waals surface area contributed by atoms with Crippen molar-refractivity contribution >= 4 is 24.0 Å². The predicted molar refractivity (Wildman–Crippen MR) is 81.3 cm³/mol. The van der Waals surface area contributed by atoms with Gasteiger partial charge in [0.2, 0.25) is 5.91 Å². The zero-order chi connectivity index (χ0) is 15.2. The summed E-state index contributed by atoms with van der Waals surface area (Å²) in [7, 11) is 0. The number of nitrogens with zero attached hydrogens (tertiary/aromatic N) is 3. The molecule has 0 aromatic carbocycles. The van der Waals surface area contributed by atoms with Crippen LogP contribution in [0.2, 0.25) is 0 Å². The first kappa shape index (κ1) is 19.3. The second kappa shape index (κ2) is 8.58. The molecular weight excluding hydrogens is 298 g/mol. The standard InChI is InChI=1S/C12H21N5O3.ClH/c1-3-12(13,4-2)9-14-11(18)5-6-16-8-10(7-15-16)17(19)20;/h7-8H,3-6,9,13H2,1-2H3,(H,14,18);1H. The summed E-state index contributed by atoms with van der Waals surface area (Å²) in [6, 6.07) is 0. The Balaban J connectivity index is 0.00000400. The summed E-state index contributed by atoms with van der Waals surface area (Å²) in [4.78, 5) is 21.7. The highest BCUT2D eigenvalue weighted by molar-refractivity contribution is 5.85. The quantitative estimate of drug-likeness (QED) is 0.552. The fourth-order valence-corrected chi connectivity index (χ4v) is 1.65. The molecule has 0 aliphatic rings. The van der Waals surface area contributed by atoms with Gasteiger partial charge in [-0.3, -0.25) is 19.6 Å². The van der Waals surface area contributed by atoms with Crippen molar-refractivity contribution in [1.82, 2.24) is 15.1 Å². The second-order valence-corrected chi connectivity index (χ2v) is 4.81. The number of hydrogen-bond acceptors (Lipinski definition) is 5. The maximum absolute atomic E-state index is 11.7. The van der Waals surface area contributed by atoms with Crippen molar-refractivity contribution in [2.45, 2.75) is 45.2 Å². The lowest BCUT2D eigenvalue weighted by Gasteiger charge is -2.26. The number of carbonyl (C=O) groups is 1. The molecule has 9 heteroatoms. The van der Waals surface area contributed by atoms with Gasteiger partial charge < -0.3 is 11.1 Å². The third kappa shape index (κ3) is 6.09. The van der Waals surface area contributed by atoms with Crippen LogP contribution in [0.5, 0.6) is 0 Å². The van der Waals surface area contributed by atoms with Crippen molar-refractivity contribution in [1.29, 1.82) is 0 Å². The Hall–Kier alpha value is -1.67. The largest absolute Gasteiger partial charge is 0.354 e. The normalized spacial score (nSPS) is 10.8. The molecule has 0 aliphatic heterocycles. The van der Waals surface area contributed by atoms with Gasteiger partial charge in [0, 0.05) is 25.0 Å². The van der Waals surface area contributed by atoms with Crippen LogP contribution < -0.4 is 11.1 Å². The summed E-state index contributed by atoms with van der Waals surface area (Å²) in [6.07, 6.45) is 4.25. The van der Waals surface area contributed by atoms with E-state index in [0.717, 1.165) is 19.0 Å². The van der Waals surface area contributed by atoms with E-state index in [-0.39, 0.29) is 36.0 Å². The van der Waals surface area contributed by atoms with Crippen molar-refractivity contribution in [3.63, 3.8) is 0 Å². The molecule has 8 nitrogen and oxygen atoms in total. The molecule has 1 aromatic heterocycles. The van der Waals surface area contributed by atoms with Gasteiger partial charge in [-0.05, 0) is 12.8 Å². The zero-order valence-corrected chi connectivity index (χ0v) is 13.1. The van der Waals surface area contributed by atoms with E-state index in [1.165, 1.54) is 10.9 Å². The summed E-state index contributed by atoms with van der Waals surface area (Å²) >= 11 is 0. The molecule has 0 bridgehead atoms. The number of halogens is 1. The maximum atomic E-state index is 11.7. The molecule has 0 radical (unpaired) electrons. The first-order valence-electron chi connectivity index (χ1n) is 6.62. The van der Waals surface area contributed by atoms with Gasteiger partial charge in [-0.2, -0.15) is 5.10 Å². The molecule has 0 aliphatic carbocycles. The number of nitrogens with one attached hydrogen (secondary N) is 1. The Bertz CT molecular complexity index is 473. The monoisotopic (exact) mass is 319 g/mol. The molecule has 0 saturated carbocycles. The molecule has 1 aromatic rings. The highest BCUT2D eigenvalue weighted by Crippen LogP contribution is 2.10.